The molecular weight excluding hydrogens is 386 g/mol. The fraction of sp³-hybridized carbons (Fsp3) is 0.913. The summed E-state index contributed by atoms with van der Waals surface area (Å²) in [6.45, 7) is 31.7. The van der Waals surface area contributed by atoms with Crippen molar-refractivity contribution in [3.63, 3.8) is 0 Å². The van der Waals surface area contributed by atoms with Gasteiger partial charge in [-0.15, -0.1) is 0 Å². The van der Waals surface area contributed by atoms with E-state index in [2.05, 4.69) is 89.7 Å². The smallest absolute Gasteiger partial charge is 0.190 e. The van der Waals surface area contributed by atoms with Crippen molar-refractivity contribution in [2.75, 3.05) is 12.3 Å². The first-order valence-corrected chi connectivity index (χ1v) is 13.6. The van der Waals surface area contributed by atoms with Crippen LogP contribution in [0.3, 0.4) is 0 Å². The standard InChI is InChI=1S/C23H44O3P2/c1-17(14-27(18(2,3)4)19(5,6)7)15-28-21(10,11)25-22(12)16-20(8,9)24-23(28,13)26-22/h1,14-16H2,2-13H3. The van der Waals surface area contributed by atoms with E-state index in [1.54, 1.807) is 0 Å². The number of ether oxygens (including phenoxy) is 3. The molecule has 5 heteroatoms. The topological polar surface area (TPSA) is 27.7 Å². The predicted octanol–water partition coefficient (Wildman–Crippen LogP) is 7.48. The Bertz CT molecular complexity index is 592. The normalized spacial score (nSPS) is 35.1. The molecule has 3 atom stereocenters. The average Bonchev–Trinajstić information content (AvgIpc) is 2.33. The van der Waals surface area contributed by atoms with Crippen LogP contribution in [0.1, 0.15) is 89.5 Å². The summed E-state index contributed by atoms with van der Waals surface area (Å²) in [7, 11) is -0.934. The van der Waals surface area contributed by atoms with Gasteiger partial charge in [0.25, 0.3) is 0 Å². The number of hydrogen-bond donors (Lipinski definition) is 0. The number of hydrogen-bond acceptors (Lipinski definition) is 3. The molecule has 2 aliphatic rings. The maximum Gasteiger partial charge on any atom is 0.190 e. The van der Waals surface area contributed by atoms with Crippen molar-refractivity contribution >= 4 is 15.8 Å². The van der Waals surface area contributed by atoms with Gasteiger partial charge < -0.3 is 14.2 Å². The van der Waals surface area contributed by atoms with Gasteiger partial charge in [-0.3, -0.25) is 0 Å². The SMILES string of the molecule is C=C(CP(C(C)(C)C)C(C)(C)C)CP1C(C)(C)OC2(C)CC(C)(C)OC1(C)O2. The fourth-order valence-electron chi connectivity index (χ4n) is 5.33. The van der Waals surface area contributed by atoms with Crippen LogP contribution >= 0.6 is 15.8 Å². The molecule has 0 aromatic carbocycles. The van der Waals surface area contributed by atoms with E-state index in [4.69, 9.17) is 14.2 Å². The molecule has 0 aromatic rings. The van der Waals surface area contributed by atoms with Crippen LogP contribution in [0, 0.1) is 0 Å². The van der Waals surface area contributed by atoms with Crippen molar-refractivity contribution in [2.24, 2.45) is 0 Å². The number of allylic oxidation sites excluding steroid dienone is 1. The van der Waals surface area contributed by atoms with E-state index in [9.17, 15) is 0 Å². The van der Waals surface area contributed by atoms with Crippen LogP contribution in [0.2, 0.25) is 0 Å². The van der Waals surface area contributed by atoms with Gasteiger partial charge in [-0.25, -0.2) is 0 Å². The lowest BCUT2D eigenvalue weighted by atomic mass is 9.97. The second-order valence-corrected chi connectivity index (χ2v) is 18.9. The molecular formula is C23H44O3P2. The lowest BCUT2D eigenvalue weighted by molar-refractivity contribution is -0.412. The minimum absolute atomic E-state index is 0.211. The summed E-state index contributed by atoms with van der Waals surface area (Å²) >= 11 is 0. The molecule has 0 saturated carbocycles. The van der Waals surface area contributed by atoms with E-state index in [0.717, 1.165) is 18.7 Å². The molecule has 0 amide bonds. The Hall–Kier alpha value is 0.480. The third kappa shape index (κ3) is 5.39. The Morgan fingerprint density at radius 3 is 1.86 bits per heavy atom. The highest BCUT2D eigenvalue weighted by Gasteiger charge is 2.62. The molecule has 2 aliphatic heterocycles. The molecule has 2 heterocycles. The largest absolute Gasteiger partial charge is 0.340 e. The molecule has 0 spiro atoms. The Kier molecular flexibility index (Phi) is 6.43. The van der Waals surface area contributed by atoms with Crippen LogP contribution in [-0.4, -0.2) is 44.9 Å². The Morgan fingerprint density at radius 1 is 0.893 bits per heavy atom. The highest BCUT2D eigenvalue weighted by atomic mass is 31.1. The predicted molar refractivity (Wildman–Crippen MR) is 125 cm³/mol. The van der Waals surface area contributed by atoms with Gasteiger partial charge in [-0.05, 0) is 72.1 Å². The zero-order chi connectivity index (χ0) is 22.0. The molecule has 0 radical (unpaired) electrons. The quantitative estimate of drug-likeness (QED) is 0.342. The van der Waals surface area contributed by atoms with Crippen molar-refractivity contribution < 1.29 is 14.2 Å². The lowest BCUT2D eigenvalue weighted by Crippen LogP contribution is -2.63. The van der Waals surface area contributed by atoms with Gasteiger partial charge in [0, 0.05) is 6.42 Å². The summed E-state index contributed by atoms with van der Waals surface area (Å²) in [5.74, 6) is -0.594. The maximum atomic E-state index is 6.58. The van der Waals surface area contributed by atoms with Crippen molar-refractivity contribution in [1.82, 2.24) is 0 Å². The van der Waals surface area contributed by atoms with Crippen LogP contribution < -0.4 is 0 Å². The first-order valence-electron chi connectivity index (χ1n) is 10.5. The van der Waals surface area contributed by atoms with Crippen molar-refractivity contribution in [3.05, 3.63) is 12.2 Å². The Labute approximate surface area is 176 Å². The van der Waals surface area contributed by atoms with E-state index in [0.29, 0.717) is 10.3 Å². The Morgan fingerprint density at radius 2 is 1.39 bits per heavy atom. The molecule has 164 valence electrons. The van der Waals surface area contributed by atoms with Crippen LogP contribution in [0.4, 0.5) is 0 Å². The zero-order valence-corrected chi connectivity index (χ0v) is 22.2. The van der Waals surface area contributed by atoms with Crippen LogP contribution in [0.5, 0.6) is 0 Å². The van der Waals surface area contributed by atoms with Crippen LogP contribution in [-0.2, 0) is 14.2 Å². The fourth-order valence-corrected chi connectivity index (χ4v) is 12.2. The van der Waals surface area contributed by atoms with Crippen LogP contribution in [0.25, 0.3) is 0 Å². The number of rotatable bonds is 4. The first-order chi connectivity index (χ1) is 12.2. The summed E-state index contributed by atoms with van der Waals surface area (Å²) in [6.07, 6.45) is 2.76. The van der Waals surface area contributed by atoms with E-state index in [-0.39, 0.29) is 18.9 Å². The summed E-state index contributed by atoms with van der Waals surface area (Å²) in [5.41, 5.74) is 0.450. The molecule has 0 aliphatic carbocycles. The highest BCUT2D eigenvalue weighted by molar-refractivity contribution is 7.62. The third-order valence-corrected chi connectivity index (χ3v) is 12.9. The molecule has 2 bridgehead atoms. The van der Waals surface area contributed by atoms with Gasteiger partial charge in [0.15, 0.2) is 11.3 Å². The van der Waals surface area contributed by atoms with Crippen LogP contribution in [0.15, 0.2) is 12.2 Å². The van der Waals surface area contributed by atoms with E-state index < -0.39 is 19.2 Å². The molecule has 2 saturated heterocycles. The number of fused-ring (bicyclic) bond motifs is 2. The molecule has 0 aromatic heterocycles. The van der Waals surface area contributed by atoms with E-state index in [1.807, 2.05) is 0 Å². The minimum Gasteiger partial charge on any atom is -0.340 e. The Balaban J connectivity index is 2.27. The zero-order valence-electron chi connectivity index (χ0n) is 20.4. The van der Waals surface area contributed by atoms with Gasteiger partial charge in [0.2, 0.25) is 0 Å². The maximum absolute atomic E-state index is 6.58. The van der Waals surface area contributed by atoms with Gasteiger partial charge in [0.1, 0.15) is 0 Å². The van der Waals surface area contributed by atoms with Crippen molar-refractivity contribution in [1.29, 1.82) is 0 Å². The molecule has 0 N–H and O–H groups in total. The van der Waals surface area contributed by atoms with E-state index >= 15 is 0 Å². The van der Waals surface area contributed by atoms with Crippen molar-refractivity contribution in [3.8, 4) is 0 Å². The lowest BCUT2D eigenvalue weighted by Gasteiger charge is -2.62. The monoisotopic (exact) mass is 430 g/mol. The van der Waals surface area contributed by atoms with Gasteiger partial charge in [0.05, 0.1) is 10.9 Å². The summed E-state index contributed by atoms with van der Waals surface area (Å²) in [4.78, 5) is 0. The van der Waals surface area contributed by atoms with Gasteiger partial charge >= 0.3 is 0 Å². The summed E-state index contributed by atoms with van der Waals surface area (Å²) < 4.78 is 19.6. The summed E-state index contributed by atoms with van der Waals surface area (Å²) in [5, 5.41) is 0.318. The molecule has 2 rings (SSSR count). The second-order valence-electron chi connectivity index (χ2n) is 12.0. The third-order valence-electron chi connectivity index (χ3n) is 5.61. The first kappa shape index (κ1) is 24.7. The van der Waals surface area contributed by atoms with Crippen molar-refractivity contribution in [2.45, 2.75) is 122 Å². The van der Waals surface area contributed by atoms with E-state index in [1.165, 1.54) is 5.57 Å². The molecule has 3 unspecified atom stereocenters. The van der Waals surface area contributed by atoms with Gasteiger partial charge in [-0.1, -0.05) is 61.6 Å². The van der Waals surface area contributed by atoms with Gasteiger partial charge in [-0.2, -0.15) is 0 Å². The second kappa shape index (κ2) is 7.27. The average molecular weight is 431 g/mol. The molecule has 3 nitrogen and oxygen atoms in total. The molecule has 2 fully saturated rings. The highest BCUT2D eigenvalue weighted by Crippen LogP contribution is 2.70. The summed E-state index contributed by atoms with van der Waals surface area (Å²) in [6, 6.07) is 0. The minimum atomic E-state index is -0.724. The molecule has 28 heavy (non-hydrogen) atoms.